The van der Waals surface area contributed by atoms with Crippen LogP contribution < -0.4 is 11.1 Å². The van der Waals surface area contributed by atoms with Gasteiger partial charge in [-0.3, -0.25) is 4.79 Å². The molecule has 2 aliphatic rings. The number of carbonyl (C=O) groups is 1. The summed E-state index contributed by atoms with van der Waals surface area (Å²) in [6, 6.07) is 0. The third-order valence-corrected chi connectivity index (χ3v) is 6.43. The highest BCUT2D eigenvalue weighted by atomic mass is 32.2. The maximum absolute atomic E-state index is 12.9. The minimum atomic E-state index is -3.65. The van der Waals surface area contributed by atoms with Crippen molar-refractivity contribution >= 4 is 15.9 Å². The van der Waals surface area contributed by atoms with Crippen LogP contribution in [0.25, 0.3) is 0 Å². The second-order valence-electron chi connectivity index (χ2n) is 6.43. The Bertz CT molecular complexity index is 676. The molecule has 24 heavy (non-hydrogen) atoms. The molecule has 9 heteroatoms. The van der Waals surface area contributed by atoms with E-state index < -0.39 is 10.0 Å². The molecule has 1 atom stereocenters. The summed E-state index contributed by atoms with van der Waals surface area (Å²) in [5.41, 5.74) is 5.40. The Labute approximate surface area is 142 Å². The Hall–Kier alpha value is -1.45. The van der Waals surface area contributed by atoms with Gasteiger partial charge >= 0.3 is 0 Å². The standard InChI is InChI=1S/C15H25N5O3S/c16-6-7-17-15(21)12-4-3-9-20(10-12)24(22,23)14-11-19-8-2-1-5-13(19)18-14/h11-12H,1-10,16H2,(H,17,21). The zero-order valence-corrected chi connectivity index (χ0v) is 14.6. The molecule has 0 spiro atoms. The number of aromatic nitrogens is 2. The van der Waals surface area contributed by atoms with Crippen molar-refractivity contribution in [1.82, 2.24) is 19.2 Å². The monoisotopic (exact) mass is 355 g/mol. The smallest absolute Gasteiger partial charge is 0.262 e. The van der Waals surface area contributed by atoms with E-state index in [1.165, 1.54) is 4.31 Å². The molecule has 1 unspecified atom stereocenters. The van der Waals surface area contributed by atoms with Gasteiger partial charge < -0.3 is 15.6 Å². The normalized spacial score (nSPS) is 22.1. The Morgan fingerprint density at radius 1 is 1.33 bits per heavy atom. The molecule has 0 aromatic carbocycles. The predicted octanol–water partition coefficient (Wildman–Crippen LogP) is -0.305. The third-order valence-electron chi connectivity index (χ3n) is 4.69. The van der Waals surface area contributed by atoms with Gasteiger partial charge in [0.2, 0.25) is 5.91 Å². The van der Waals surface area contributed by atoms with Crippen molar-refractivity contribution < 1.29 is 13.2 Å². The third kappa shape index (κ3) is 3.47. The van der Waals surface area contributed by atoms with E-state index in [1.807, 2.05) is 4.57 Å². The topological polar surface area (TPSA) is 110 Å². The van der Waals surface area contributed by atoms with Crippen LogP contribution in [0.3, 0.4) is 0 Å². The van der Waals surface area contributed by atoms with Gasteiger partial charge in [0, 0.05) is 45.3 Å². The minimum Gasteiger partial charge on any atom is -0.355 e. The summed E-state index contributed by atoms with van der Waals surface area (Å²) in [6.07, 6.45) is 5.93. The fraction of sp³-hybridized carbons (Fsp3) is 0.733. The van der Waals surface area contributed by atoms with Crippen molar-refractivity contribution in [3.63, 3.8) is 0 Å². The summed E-state index contributed by atoms with van der Waals surface area (Å²) in [7, 11) is -3.65. The molecular weight excluding hydrogens is 330 g/mol. The highest BCUT2D eigenvalue weighted by molar-refractivity contribution is 7.89. The van der Waals surface area contributed by atoms with Crippen LogP contribution in [0, 0.1) is 5.92 Å². The van der Waals surface area contributed by atoms with Gasteiger partial charge in [-0.1, -0.05) is 0 Å². The van der Waals surface area contributed by atoms with E-state index in [4.69, 9.17) is 5.73 Å². The Morgan fingerprint density at radius 3 is 2.92 bits per heavy atom. The number of hydrogen-bond acceptors (Lipinski definition) is 5. The first-order valence-electron chi connectivity index (χ1n) is 8.56. The minimum absolute atomic E-state index is 0.113. The summed E-state index contributed by atoms with van der Waals surface area (Å²) >= 11 is 0. The van der Waals surface area contributed by atoms with Gasteiger partial charge in [-0.05, 0) is 25.7 Å². The van der Waals surface area contributed by atoms with Gasteiger partial charge in [0.25, 0.3) is 10.0 Å². The summed E-state index contributed by atoms with van der Waals surface area (Å²) in [5, 5.41) is 2.86. The average Bonchev–Trinajstić information content (AvgIpc) is 3.04. The zero-order valence-electron chi connectivity index (χ0n) is 13.8. The van der Waals surface area contributed by atoms with Crippen LogP contribution in [0.5, 0.6) is 0 Å². The van der Waals surface area contributed by atoms with Crippen LogP contribution in [-0.2, 0) is 27.8 Å². The molecule has 1 aromatic heterocycles. The lowest BCUT2D eigenvalue weighted by Crippen LogP contribution is -2.46. The maximum Gasteiger partial charge on any atom is 0.262 e. The van der Waals surface area contributed by atoms with Gasteiger partial charge in [-0.2, -0.15) is 4.31 Å². The molecule has 0 bridgehead atoms. The zero-order chi connectivity index (χ0) is 17.2. The molecule has 8 nitrogen and oxygen atoms in total. The molecular formula is C15H25N5O3S. The molecule has 1 aromatic rings. The van der Waals surface area contributed by atoms with E-state index >= 15 is 0 Å². The maximum atomic E-state index is 12.9. The number of carbonyl (C=O) groups excluding carboxylic acids is 1. The molecule has 134 valence electrons. The first kappa shape index (κ1) is 17.4. The molecule has 1 fully saturated rings. The number of piperidine rings is 1. The number of nitrogens with two attached hydrogens (primary N) is 1. The average molecular weight is 355 g/mol. The van der Waals surface area contributed by atoms with E-state index in [1.54, 1.807) is 6.20 Å². The van der Waals surface area contributed by atoms with E-state index in [2.05, 4.69) is 10.3 Å². The van der Waals surface area contributed by atoms with Crippen LogP contribution in [0.2, 0.25) is 0 Å². The fourth-order valence-corrected chi connectivity index (χ4v) is 4.85. The number of rotatable bonds is 5. The van der Waals surface area contributed by atoms with Gasteiger partial charge in [-0.15, -0.1) is 0 Å². The molecule has 0 aliphatic carbocycles. The largest absolute Gasteiger partial charge is 0.355 e. The second-order valence-corrected chi connectivity index (χ2v) is 8.31. The molecule has 0 saturated carbocycles. The summed E-state index contributed by atoms with van der Waals surface area (Å²) in [4.78, 5) is 16.5. The summed E-state index contributed by atoms with van der Waals surface area (Å²) in [5.74, 6) is 0.399. The summed E-state index contributed by atoms with van der Waals surface area (Å²) in [6.45, 7) is 2.25. The molecule has 0 radical (unpaired) electrons. The number of nitrogens with zero attached hydrogens (tertiary/aromatic N) is 3. The Morgan fingerprint density at radius 2 is 2.17 bits per heavy atom. The van der Waals surface area contributed by atoms with Crippen LogP contribution in [0.4, 0.5) is 0 Å². The van der Waals surface area contributed by atoms with Crippen molar-refractivity contribution in [2.24, 2.45) is 11.7 Å². The molecule has 1 amide bonds. The van der Waals surface area contributed by atoms with E-state index in [9.17, 15) is 13.2 Å². The van der Waals surface area contributed by atoms with E-state index in [0.717, 1.165) is 31.6 Å². The highest BCUT2D eigenvalue weighted by Gasteiger charge is 2.35. The van der Waals surface area contributed by atoms with Gasteiger partial charge in [0.15, 0.2) is 5.03 Å². The van der Waals surface area contributed by atoms with E-state index in [-0.39, 0.29) is 23.4 Å². The number of imidazole rings is 1. The number of nitrogens with one attached hydrogen (secondary N) is 1. The molecule has 3 N–H and O–H groups in total. The number of fused-ring (bicyclic) bond motifs is 1. The lowest BCUT2D eigenvalue weighted by atomic mass is 9.99. The van der Waals surface area contributed by atoms with Crippen molar-refractivity contribution in [2.45, 2.75) is 43.7 Å². The number of aryl methyl sites for hydroxylation is 2. The van der Waals surface area contributed by atoms with Gasteiger partial charge in [-0.25, -0.2) is 13.4 Å². The summed E-state index contributed by atoms with van der Waals surface area (Å²) < 4.78 is 29.1. The quantitative estimate of drug-likeness (QED) is 0.753. The Balaban J connectivity index is 1.74. The second kappa shape index (κ2) is 7.20. The first-order chi connectivity index (χ1) is 11.5. The van der Waals surface area contributed by atoms with Crippen LogP contribution in [0.15, 0.2) is 11.2 Å². The molecule has 1 saturated heterocycles. The fourth-order valence-electron chi connectivity index (χ4n) is 3.36. The number of hydrogen-bond donors (Lipinski definition) is 2. The van der Waals surface area contributed by atoms with Crippen LogP contribution >= 0.6 is 0 Å². The van der Waals surface area contributed by atoms with Gasteiger partial charge in [0.05, 0.1) is 5.92 Å². The van der Waals surface area contributed by atoms with Crippen molar-refractivity contribution in [1.29, 1.82) is 0 Å². The number of amides is 1. The Kier molecular flexibility index (Phi) is 5.21. The lowest BCUT2D eigenvalue weighted by molar-refractivity contribution is -0.126. The van der Waals surface area contributed by atoms with Gasteiger partial charge in [0.1, 0.15) is 5.82 Å². The van der Waals surface area contributed by atoms with Crippen molar-refractivity contribution in [3.8, 4) is 0 Å². The van der Waals surface area contributed by atoms with Crippen molar-refractivity contribution in [3.05, 3.63) is 12.0 Å². The first-order valence-corrected chi connectivity index (χ1v) is 10.0. The highest BCUT2D eigenvalue weighted by Crippen LogP contribution is 2.25. The predicted molar refractivity (Wildman–Crippen MR) is 88.7 cm³/mol. The lowest BCUT2D eigenvalue weighted by Gasteiger charge is -2.30. The number of sulfonamides is 1. The molecule has 2 aliphatic heterocycles. The van der Waals surface area contributed by atoms with E-state index in [0.29, 0.717) is 32.5 Å². The van der Waals surface area contributed by atoms with Crippen molar-refractivity contribution in [2.75, 3.05) is 26.2 Å². The van der Waals surface area contributed by atoms with Crippen LogP contribution in [0.1, 0.15) is 31.5 Å². The van der Waals surface area contributed by atoms with Crippen LogP contribution in [-0.4, -0.2) is 54.4 Å². The molecule has 3 heterocycles. The SMILES string of the molecule is NCCNC(=O)C1CCCN(S(=O)(=O)c2cn3c(n2)CCCC3)C1. The molecule has 3 rings (SSSR count).